The zero-order valence-electron chi connectivity index (χ0n) is 14.0. The molecule has 0 saturated heterocycles. The van der Waals surface area contributed by atoms with Crippen molar-refractivity contribution in [1.29, 1.82) is 0 Å². The van der Waals surface area contributed by atoms with Gasteiger partial charge in [-0.2, -0.15) is 0 Å². The van der Waals surface area contributed by atoms with Crippen LogP contribution in [0.5, 0.6) is 11.5 Å². The van der Waals surface area contributed by atoms with Gasteiger partial charge in [0, 0.05) is 12.2 Å². The quantitative estimate of drug-likeness (QED) is 0.722. The van der Waals surface area contributed by atoms with Gasteiger partial charge in [-0.15, -0.1) is 0 Å². The first kappa shape index (κ1) is 17.7. The highest BCUT2D eigenvalue weighted by molar-refractivity contribution is 5.88. The predicted molar refractivity (Wildman–Crippen MR) is 94.1 cm³/mol. The van der Waals surface area contributed by atoms with E-state index in [0.29, 0.717) is 19.8 Å². The molecule has 0 aliphatic rings. The van der Waals surface area contributed by atoms with Gasteiger partial charge in [0.15, 0.2) is 11.5 Å². The predicted octanol–water partition coefficient (Wildman–Crippen LogP) is 4.18. The first-order valence-corrected chi connectivity index (χ1v) is 8.09. The zero-order chi connectivity index (χ0) is 17.4. The van der Waals surface area contributed by atoms with Crippen LogP contribution in [0.15, 0.2) is 42.5 Å². The number of anilines is 1. The monoisotopic (exact) mass is 329 g/mol. The SMILES string of the molecule is CCCOc1ccc(CNc2cccc(C(=O)O)c2)cc1OCC. The molecule has 0 saturated carbocycles. The summed E-state index contributed by atoms with van der Waals surface area (Å²) < 4.78 is 11.3. The molecule has 5 nitrogen and oxygen atoms in total. The van der Waals surface area contributed by atoms with Crippen molar-refractivity contribution in [3.05, 3.63) is 53.6 Å². The van der Waals surface area contributed by atoms with E-state index in [9.17, 15) is 4.79 Å². The third-order valence-electron chi connectivity index (χ3n) is 3.38. The Morgan fingerprint density at radius 2 is 1.92 bits per heavy atom. The molecule has 2 aromatic rings. The van der Waals surface area contributed by atoms with Crippen molar-refractivity contribution in [3.63, 3.8) is 0 Å². The fourth-order valence-corrected chi connectivity index (χ4v) is 2.23. The Bertz CT molecular complexity index is 685. The molecule has 2 N–H and O–H groups in total. The fourth-order valence-electron chi connectivity index (χ4n) is 2.23. The molecule has 0 bridgehead atoms. The van der Waals surface area contributed by atoms with E-state index in [2.05, 4.69) is 12.2 Å². The smallest absolute Gasteiger partial charge is 0.335 e. The summed E-state index contributed by atoms with van der Waals surface area (Å²) in [4.78, 5) is 11.0. The lowest BCUT2D eigenvalue weighted by Gasteiger charge is -2.14. The minimum Gasteiger partial charge on any atom is -0.490 e. The van der Waals surface area contributed by atoms with E-state index in [4.69, 9.17) is 14.6 Å². The number of hydrogen-bond donors (Lipinski definition) is 2. The number of rotatable bonds is 9. The lowest BCUT2D eigenvalue weighted by atomic mass is 10.1. The van der Waals surface area contributed by atoms with Gasteiger partial charge in [0.1, 0.15) is 0 Å². The van der Waals surface area contributed by atoms with E-state index in [-0.39, 0.29) is 5.56 Å². The molecule has 0 atom stereocenters. The number of carboxylic acid groups (broad SMARTS) is 1. The van der Waals surface area contributed by atoms with Crippen molar-refractivity contribution in [1.82, 2.24) is 0 Å². The van der Waals surface area contributed by atoms with E-state index in [1.54, 1.807) is 18.2 Å². The third-order valence-corrected chi connectivity index (χ3v) is 3.38. The van der Waals surface area contributed by atoms with Crippen molar-refractivity contribution in [2.45, 2.75) is 26.8 Å². The van der Waals surface area contributed by atoms with E-state index in [0.717, 1.165) is 29.2 Å². The summed E-state index contributed by atoms with van der Waals surface area (Å²) >= 11 is 0. The van der Waals surface area contributed by atoms with Gasteiger partial charge in [-0.1, -0.05) is 19.1 Å². The standard InChI is InChI=1S/C19H23NO4/c1-3-10-24-17-9-8-14(11-18(17)23-4-2)13-20-16-7-5-6-15(12-16)19(21)22/h5-9,11-12,20H,3-4,10,13H2,1-2H3,(H,21,22). The second-order valence-electron chi connectivity index (χ2n) is 5.30. The highest BCUT2D eigenvalue weighted by atomic mass is 16.5. The zero-order valence-corrected chi connectivity index (χ0v) is 14.0. The van der Waals surface area contributed by atoms with Crippen LogP contribution in [0.2, 0.25) is 0 Å². The molecule has 24 heavy (non-hydrogen) atoms. The number of aromatic carboxylic acids is 1. The summed E-state index contributed by atoms with van der Waals surface area (Å²) in [6.45, 7) is 5.78. The Morgan fingerprint density at radius 3 is 2.62 bits per heavy atom. The van der Waals surface area contributed by atoms with Crippen LogP contribution in [0.4, 0.5) is 5.69 Å². The molecular formula is C19H23NO4. The summed E-state index contributed by atoms with van der Waals surface area (Å²) in [5.41, 5.74) is 2.06. The molecule has 0 spiro atoms. The maximum atomic E-state index is 11.0. The van der Waals surface area contributed by atoms with Crippen molar-refractivity contribution in [3.8, 4) is 11.5 Å². The number of ether oxygens (including phenoxy) is 2. The molecule has 128 valence electrons. The highest BCUT2D eigenvalue weighted by Crippen LogP contribution is 2.29. The van der Waals surface area contributed by atoms with E-state index >= 15 is 0 Å². The molecule has 0 aliphatic carbocycles. The van der Waals surface area contributed by atoms with Crippen LogP contribution in [0.25, 0.3) is 0 Å². The molecule has 2 rings (SSSR count). The minimum atomic E-state index is -0.935. The fraction of sp³-hybridized carbons (Fsp3) is 0.316. The van der Waals surface area contributed by atoms with Crippen LogP contribution in [0.3, 0.4) is 0 Å². The van der Waals surface area contributed by atoms with Crippen molar-refractivity contribution >= 4 is 11.7 Å². The van der Waals surface area contributed by atoms with Gasteiger partial charge in [-0.25, -0.2) is 4.79 Å². The van der Waals surface area contributed by atoms with Crippen LogP contribution in [-0.2, 0) is 6.54 Å². The summed E-state index contributed by atoms with van der Waals surface area (Å²) in [5, 5.41) is 12.3. The van der Waals surface area contributed by atoms with E-state index in [1.807, 2.05) is 31.2 Å². The van der Waals surface area contributed by atoms with E-state index in [1.165, 1.54) is 0 Å². The normalized spacial score (nSPS) is 10.2. The second-order valence-corrected chi connectivity index (χ2v) is 5.30. The average Bonchev–Trinajstić information content (AvgIpc) is 2.59. The number of carboxylic acids is 1. The minimum absolute atomic E-state index is 0.262. The number of carbonyl (C=O) groups is 1. The first-order chi connectivity index (χ1) is 11.6. The lowest BCUT2D eigenvalue weighted by Crippen LogP contribution is -2.04. The van der Waals surface area contributed by atoms with Crippen molar-refractivity contribution < 1.29 is 19.4 Å². The molecule has 0 fully saturated rings. The lowest BCUT2D eigenvalue weighted by molar-refractivity contribution is 0.0697. The third kappa shape index (κ3) is 4.91. The Morgan fingerprint density at radius 1 is 1.08 bits per heavy atom. The molecule has 0 heterocycles. The molecule has 0 aliphatic heterocycles. The van der Waals surface area contributed by atoms with Crippen LogP contribution in [0.1, 0.15) is 36.2 Å². The summed E-state index contributed by atoms with van der Waals surface area (Å²) in [7, 11) is 0. The van der Waals surface area contributed by atoms with Crippen LogP contribution in [-0.4, -0.2) is 24.3 Å². The van der Waals surface area contributed by atoms with Crippen LogP contribution >= 0.6 is 0 Å². The van der Waals surface area contributed by atoms with Gasteiger partial charge in [-0.05, 0) is 49.2 Å². The first-order valence-electron chi connectivity index (χ1n) is 8.09. The second kappa shape index (κ2) is 8.82. The van der Waals surface area contributed by atoms with Crippen molar-refractivity contribution in [2.75, 3.05) is 18.5 Å². The summed E-state index contributed by atoms with van der Waals surface area (Å²) in [6, 6.07) is 12.6. The molecule has 0 aromatic heterocycles. The largest absolute Gasteiger partial charge is 0.490 e. The summed E-state index contributed by atoms with van der Waals surface area (Å²) in [6.07, 6.45) is 0.939. The maximum Gasteiger partial charge on any atom is 0.335 e. The highest BCUT2D eigenvalue weighted by Gasteiger charge is 2.07. The Hall–Kier alpha value is -2.69. The van der Waals surface area contributed by atoms with Gasteiger partial charge >= 0.3 is 5.97 Å². The molecule has 0 radical (unpaired) electrons. The molecular weight excluding hydrogens is 306 g/mol. The van der Waals surface area contributed by atoms with Gasteiger partial charge in [-0.3, -0.25) is 0 Å². The molecule has 5 heteroatoms. The van der Waals surface area contributed by atoms with Gasteiger partial charge in [0.05, 0.1) is 18.8 Å². The van der Waals surface area contributed by atoms with Gasteiger partial charge < -0.3 is 19.9 Å². The Kier molecular flexibility index (Phi) is 6.49. The van der Waals surface area contributed by atoms with Crippen molar-refractivity contribution in [2.24, 2.45) is 0 Å². The Balaban J connectivity index is 2.07. The topological polar surface area (TPSA) is 67.8 Å². The van der Waals surface area contributed by atoms with Crippen LogP contribution in [0, 0.1) is 0 Å². The number of hydrogen-bond acceptors (Lipinski definition) is 4. The maximum absolute atomic E-state index is 11.0. The Labute approximate surface area is 142 Å². The van der Waals surface area contributed by atoms with Gasteiger partial charge in [0.25, 0.3) is 0 Å². The van der Waals surface area contributed by atoms with Gasteiger partial charge in [0.2, 0.25) is 0 Å². The summed E-state index contributed by atoms with van der Waals surface area (Å²) in [5.74, 6) is 0.537. The molecule has 2 aromatic carbocycles. The molecule has 0 amide bonds. The average molecular weight is 329 g/mol. The van der Waals surface area contributed by atoms with E-state index < -0.39 is 5.97 Å². The van der Waals surface area contributed by atoms with Crippen LogP contribution < -0.4 is 14.8 Å². The number of nitrogens with one attached hydrogen (secondary N) is 1. The molecule has 0 unspecified atom stereocenters. The number of benzene rings is 2.